The minimum atomic E-state index is -1.82. The van der Waals surface area contributed by atoms with Gasteiger partial charge in [-0.15, -0.1) is 0 Å². The average molecular weight is 901 g/mol. The summed E-state index contributed by atoms with van der Waals surface area (Å²) >= 11 is 0. The van der Waals surface area contributed by atoms with Crippen LogP contribution in [0.4, 0.5) is 0 Å². The Bertz CT molecular complexity index is 1740. The lowest BCUT2D eigenvalue weighted by Gasteiger charge is -2.51. The quantitative estimate of drug-likeness (QED) is 0.197. The van der Waals surface area contributed by atoms with Gasteiger partial charge in [0.25, 0.3) is 0 Å². The molecule has 3 N–H and O–H groups in total. The molecule has 64 heavy (non-hydrogen) atoms. The third kappa shape index (κ3) is 9.92. The molecule has 0 amide bonds. The zero-order valence-corrected chi connectivity index (χ0v) is 39.3. The summed E-state index contributed by atoms with van der Waals surface area (Å²) in [4.78, 5) is 14.5. The summed E-state index contributed by atoms with van der Waals surface area (Å²) in [7, 11) is 3.24. The topological polar surface area (TPSA) is 170 Å². The number of hydrogen-bond acceptors (Lipinski definition) is 14. The Kier molecular flexibility index (Phi) is 15.3. The Morgan fingerprint density at radius 1 is 0.828 bits per heavy atom. The molecule has 5 saturated heterocycles. The highest BCUT2D eigenvalue weighted by atomic mass is 16.7. The molecule has 2 aliphatic carbocycles. The Morgan fingerprint density at radius 2 is 1.55 bits per heavy atom. The number of carbonyl (C=O) groups excluding carboxylic acids is 1. The van der Waals surface area contributed by atoms with Gasteiger partial charge in [0.05, 0.1) is 49.3 Å². The number of hydrogen-bond donors (Lipinski definition) is 3. The number of carbonyl (C=O) groups is 1. The van der Waals surface area contributed by atoms with Gasteiger partial charge in [0.2, 0.25) is 0 Å². The Hall–Kier alpha value is -2.05. The second-order valence-corrected chi connectivity index (χ2v) is 20.4. The van der Waals surface area contributed by atoms with Crippen LogP contribution >= 0.6 is 0 Å². The van der Waals surface area contributed by atoms with Crippen LogP contribution < -0.4 is 0 Å². The lowest BCUT2D eigenvalue weighted by molar-refractivity contribution is -0.342. The molecule has 8 rings (SSSR count). The Labute approximate surface area is 379 Å². The van der Waals surface area contributed by atoms with E-state index in [9.17, 15) is 20.1 Å². The van der Waals surface area contributed by atoms with Gasteiger partial charge in [-0.25, -0.2) is 0 Å². The first-order chi connectivity index (χ1) is 30.6. The third-order valence-electron chi connectivity index (χ3n) is 15.8. The fourth-order valence-electron chi connectivity index (χ4n) is 12.1. The van der Waals surface area contributed by atoms with Crippen molar-refractivity contribution in [3.8, 4) is 0 Å². The molecule has 2 unspecified atom stereocenters. The van der Waals surface area contributed by atoms with Crippen molar-refractivity contribution >= 4 is 5.97 Å². The first kappa shape index (κ1) is 48.4. The van der Waals surface area contributed by atoms with Crippen molar-refractivity contribution in [1.29, 1.82) is 0 Å². The number of methoxy groups -OCH3 is 2. The van der Waals surface area contributed by atoms with Crippen LogP contribution in [0.3, 0.4) is 0 Å². The van der Waals surface area contributed by atoms with Crippen molar-refractivity contribution in [3.05, 3.63) is 47.1 Å². The zero-order chi connectivity index (χ0) is 45.5. The molecule has 6 heterocycles. The van der Waals surface area contributed by atoms with Crippen molar-refractivity contribution in [2.75, 3.05) is 20.8 Å². The van der Waals surface area contributed by atoms with Gasteiger partial charge in [0.15, 0.2) is 18.4 Å². The summed E-state index contributed by atoms with van der Waals surface area (Å²) in [6, 6.07) is 0. The van der Waals surface area contributed by atoms with Gasteiger partial charge in [0, 0.05) is 52.2 Å². The first-order valence-electron chi connectivity index (χ1n) is 24.3. The molecular formula is C50H76O14. The maximum Gasteiger partial charge on any atom is 0.316 e. The van der Waals surface area contributed by atoms with Crippen LogP contribution in [0, 0.1) is 23.7 Å². The van der Waals surface area contributed by atoms with E-state index in [2.05, 4.69) is 26.8 Å². The zero-order valence-electron chi connectivity index (χ0n) is 39.3. The molecule has 14 nitrogen and oxygen atoms in total. The van der Waals surface area contributed by atoms with Crippen LogP contribution in [0.25, 0.3) is 0 Å². The smallest absolute Gasteiger partial charge is 0.316 e. The fourth-order valence-corrected chi connectivity index (χ4v) is 12.1. The number of ether oxygens (including phenoxy) is 10. The number of rotatable bonds is 7. The van der Waals surface area contributed by atoms with Gasteiger partial charge in [-0.05, 0) is 81.9 Å². The van der Waals surface area contributed by atoms with E-state index < -0.39 is 90.8 Å². The van der Waals surface area contributed by atoms with Crippen LogP contribution in [0.15, 0.2) is 47.1 Å². The number of esters is 1. The normalized spacial score (nSPS) is 49.5. The highest BCUT2D eigenvalue weighted by molar-refractivity contribution is 5.78. The minimum absolute atomic E-state index is 0.0463. The molecule has 0 aromatic carbocycles. The summed E-state index contributed by atoms with van der Waals surface area (Å²) in [6.45, 7) is 12.0. The molecule has 6 fully saturated rings. The van der Waals surface area contributed by atoms with E-state index in [0.717, 1.165) is 24.8 Å². The summed E-state index contributed by atoms with van der Waals surface area (Å²) < 4.78 is 64.4. The van der Waals surface area contributed by atoms with Gasteiger partial charge < -0.3 is 62.7 Å². The minimum Gasteiger partial charge on any atom is -0.462 e. The van der Waals surface area contributed by atoms with Gasteiger partial charge in [0.1, 0.15) is 42.0 Å². The second kappa shape index (κ2) is 20.3. The predicted octanol–water partition coefficient (Wildman–Crippen LogP) is 6.14. The first-order valence-corrected chi connectivity index (χ1v) is 24.3. The van der Waals surface area contributed by atoms with Crippen LogP contribution in [0.2, 0.25) is 0 Å². The van der Waals surface area contributed by atoms with Gasteiger partial charge in [-0.2, -0.15) is 0 Å². The summed E-state index contributed by atoms with van der Waals surface area (Å²) in [5.41, 5.74) is 0.221. The standard InChI is InChI=1S/C50H76O14/c1-27-13-12-16-34-26-57-47-42(51)30(4)21-37(50(34,47)54)48(53)60-36-22-35(63-49(25-36)20-19-29(3)45(64-49)33-14-10-9-11-15-33)18-17-28(2)44(27)61-41-24-39(56-8)46(32(6)59-41)62-40-23-38(55-7)43(52)31(5)58-40/h12-13,16-17,21,27,29,31-33,35-47,51-52,54H,9-11,14-15,18-20,22-26H2,1-8H3/b13-12+,28-17+,34-16+/t27-,29-,31-,32-,35+,36-,37?,38-,39-,40-,41-,42+,43-,44-,45-,46?,47+,49+,50+/m0/s1. The fraction of sp³-hybridized carbons (Fsp3) is 0.820. The van der Waals surface area contributed by atoms with Crippen LogP contribution in [0.5, 0.6) is 0 Å². The number of fused-ring (bicyclic) bond motifs is 2. The van der Waals surface area contributed by atoms with Crippen LogP contribution in [0.1, 0.15) is 119 Å². The molecule has 0 aromatic rings. The van der Waals surface area contributed by atoms with E-state index >= 15 is 0 Å². The molecule has 2 bridgehead atoms. The van der Waals surface area contributed by atoms with Crippen molar-refractivity contribution in [2.24, 2.45) is 23.7 Å². The van der Waals surface area contributed by atoms with E-state index in [-0.39, 0.29) is 30.8 Å². The molecule has 0 aromatic heterocycles. The second-order valence-electron chi connectivity index (χ2n) is 20.4. The largest absolute Gasteiger partial charge is 0.462 e. The van der Waals surface area contributed by atoms with E-state index in [1.54, 1.807) is 40.2 Å². The van der Waals surface area contributed by atoms with E-state index in [1.807, 2.05) is 19.1 Å². The average Bonchev–Trinajstić information content (AvgIpc) is 3.62. The van der Waals surface area contributed by atoms with Gasteiger partial charge >= 0.3 is 5.97 Å². The SMILES string of the molecule is CO[C@H]1C[C@H](O[C@@H]2/C(C)=C/C[C@@H]3C[C@@H](C[C@]4(CC[C@H](C)[C@@H](C5CCCCC5)O4)O3)OC(=O)C3C=C(C)[C@@H](O)[C@H]4OC/C(=C\C=C\[C@@H]2C)[C@@]34O)O[C@@H](C)C1O[C@H]1C[C@H](OC)[C@@H](O)[C@H](C)O1. The summed E-state index contributed by atoms with van der Waals surface area (Å²) in [5, 5.41) is 34.4. The van der Waals surface area contributed by atoms with Crippen molar-refractivity contribution in [3.63, 3.8) is 0 Å². The highest BCUT2D eigenvalue weighted by Gasteiger charge is 2.60. The Balaban J connectivity index is 1.08. The molecular weight excluding hydrogens is 825 g/mol. The molecule has 19 atom stereocenters. The van der Waals surface area contributed by atoms with Gasteiger partial charge in [-0.3, -0.25) is 4.79 Å². The molecule has 6 aliphatic heterocycles. The van der Waals surface area contributed by atoms with Crippen LogP contribution in [-0.4, -0.2) is 139 Å². The highest BCUT2D eigenvalue weighted by Crippen LogP contribution is 2.49. The lowest BCUT2D eigenvalue weighted by Crippen LogP contribution is -2.58. The number of allylic oxidation sites excluding steroid dienone is 2. The monoisotopic (exact) mass is 901 g/mol. The van der Waals surface area contributed by atoms with E-state index in [0.29, 0.717) is 61.5 Å². The molecule has 0 radical (unpaired) electrons. The number of aliphatic hydroxyl groups excluding tert-OH is 2. The maximum absolute atomic E-state index is 14.5. The summed E-state index contributed by atoms with van der Waals surface area (Å²) in [5.74, 6) is -1.86. The van der Waals surface area contributed by atoms with E-state index in [1.165, 1.54) is 19.3 Å². The van der Waals surface area contributed by atoms with Crippen molar-refractivity contribution in [1.82, 2.24) is 0 Å². The third-order valence-corrected chi connectivity index (χ3v) is 15.8. The summed E-state index contributed by atoms with van der Waals surface area (Å²) in [6.07, 6.45) is 11.9. The predicted molar refractivity (Wildman–Crippen MR) is 235 cm³/mol. The molecule has 8 aliphatic rings. The molecule has 14 heteroatoms. The Morgan fingerprint density at radius 3 is 2.30 bits per heavy atom. The number of aliphatic hydroxyl groups is 3. The van der Waals surface area contributed by atoms with Crippen molar-refractivity contribution in [2.45, 2.75) is 216 Å². The molecule has 1 spiro atoms. The lowest BCUT2D eigenvalue weighted by atomic mass is 9.71. The van der Waals surface area contributed by atoms with Gasteiger partial charge in [-0.1, -0.05) is 63.5 Å². The molecule has 1 saturated carbocycles. The van der Waals surface area contributed by atoms with Crippen molar-refractivity contribution < 1.29 is 67.5 Å². The van der Waals surface area contributed by atoms with E-state index in [4.69, 9.17) is 47.4 Å². The molecule has 360 valence electrons. The maximum atomic E-state index is 14.5. The van der Waals surface area contributed by atoms with Crippen LogP contribution in [-0.2, 0) is 52.2 Å².